The Morgan fingerprint density at radius 1 is 1.14 bits per heavy atom. The van der Waals surface area contributed by atoms with E-state index >= 15 is 0 Å². The highest BCUT2D eigenvalue weighted by atomic mass is 32.1. The second kappa shape index (κ2) is 6.45. The molecule has 0 unspecified atom stereocenters. The van der Waals surface area contributed by atoms with E-state index in [9.17, 15) is 4.79 Å². The van der Waals surface area contributed by atoms with Gasteiger partial charge < -0.3 is 14.8 Å². The quantitative estimate of drug-likeness (QED) is 0.907. The average molecular weight is 307 g/mol. The number of methoxy groups -OCH3 is 2. The predicted octanol–water partition coefficient (Wildman–Crippen LogP) is 3.42. The summed E-state index contributed by atoms with van der Waals surface area (Å²) in [6.45, 7) is 3.86. The van der Waals surface area contributed by atoms with Gasteiger partial charge in [0, 0.05) is 4.88 Å². The zero-order chi connectivity index (χ0) is 15.4. The molecule has 0 bridgehead atoms. The normalized spacial score (nSPS) is 10.1. The maximum atomic E-state index is 12.1. The fourth-order valence-electron chi connectivity index (χ4n) is 1.74. The van der Waals surface area contributed by atoms with Crippen LogP contribution in [0, 0.1) is 13.8 Å². The third-order valence-corrected chi connectivity index (χ3v) is 3.90. The van der Waals surface area contributed by atoms with Crippen LogP contribution < -0.4 is 20.1 Å². The van der Waals surface area contributed by atoms with Gasteiger partial charge in [0.2, 0.25) is 0 Å². The van der Waals surface area contributed by atoms with E-state index < -0.39 is 6.03 Å². The molecule has 2 rings (SSSR count). The van der Waals surface area contributed by atoms with E-state index in [0.29, 0.717) is 22.3 Å². The molecule has 1 aromatic carbocycles. The van der Waals surface area contributed by atoms with Gasteiger partial charge in [0.1, 0.15) is 17.2 Å². The summed E-state index contributed by atoms with van der Waals surface area (Å²) in [5.74, 6) is 1.05. The number of carbonyl (C=O) groups is 1. The molecule has 0 aliphatic heterocycles. The SMILES string of the molecule is COc1cccc(OC)c1NC(=O)Nc1nc(C)c(C)s1. The number of hydrogen-bond acceptors (Lipinski definition) is 5. The number of rotatable bonds is 4. The molecule has 2 N–H and O–H groups in total. The molecule has 0 saturated heterocycles. The van der Waals surface area contributed by atoms with Gasteiger partial charge in [-0.05, 0) is 26.0 Å². The Balaban J connectivity index is 2.16. The summed E-state index contributed by atoms with van der Waals surface area (Å²) in [4.78, 5) is 17.4. The summed E-state index contributed by atoms with van der Waals surface area (Å²) in [7, 11) is 3.07. The van der Waals surface area contributed by atoms with Crippen molar-refractivity contribution >= 4 is 28.2 Å². The van der Waals surface area contributed by atoms with E-state index in [1.54, 1.807) is 18.2 Å². The van der Waals surface area contributed by atoms with Gasteiger partial charge in [0.05, 0.1) is 19.9 Å². The van der Waals surface area contributed by atoms with Crippen LogP contribution in [0.15, 0.2) is 18.2 Å². The van der Waals surface area contributed by atoms with Crippen molar-refractivity contribution in [1.82, 2.24) is 4.98 Å². The van der Waals surface area contributed by atoms with E-state index in [0.717, 1.165) is 10.6 Å². The number of anilines is 2. The van der Waals surface area contributed by atoms with Gasteiger partial charge in [0.15, 0.2) is 5.13 Å². The summed E-state index contributed by atoms with van der Waals surface area (Å²) in [6, 6.07) is 4.88. The Morgan fingerprint density at radius 3 is 2.24 bits per heavy atom. The molecule has 2 amide bonds. The molecule has 0 aliphatic carbocycles. The number of para-hydroxylation sites is 1. The summed E-state index contributed by atoms with van der Waals surface area (Å²) >= 11 is 1.43. The van der Waals surface area contributed by atoms with Crippen molar-refractivity contribution in [1.29, 1.82) is 0 Å². The molecule has 7 heteroatoms. The maximum absolute atomic E-state index is 12.1. The van der Waals surface area contributed by atoms with Crippen LogP contribution in [-0.4, -0.2) is 25.2 Å². The first-order chi connectivity index (χ1) is 10.0. The number of nitrogens with zero attached hydrogens (tertiary/aromatic N) is 1. The molecule has 6 nitrogen and oxygen atoms in total. The third kappa shape index (κ3) is 3.43. The number of thiazole rings is 1. The Labute approximate surface area is 127 Å². The molecule has 0 spiro atoms. The molecule has 0 aliphatic rings. The molecule has 1 aromatic heterocycles. The minimum Gasteiger partial charge on any atom is -0.494 e. The summed E-state index contributed by atoms with van der Waals surface area (Å²) < 4.78 is 10.5. The lowest BCUT2D eigenvalue weighted by atomic mass is 10.2. The lowest BCUT2D eigenvalue weighted by molar-refractivity contribution is 0.262. The fourth-order valence-corrected chi connectivity index (χ4v) is 2.55. The van der Waals surface area contributed by atoms with Crippen molar-refractivity contribution in [3.63, 3.8) is 0 Å². The minimum absolute atomic E-state index is 0.397. The number of urea groups is 1. The number of amides is 2. The minimum atomic E-state index is -0.397. The standard InChI is InChI=1S/C14H17N3O3S/c1-8-9(2)21-14(15-8)17-13(18)16-12-10(19-3)6-5-7-11(12)20-4/h5-7H,1-4H3,(H2,15,16,17,18). The molecular formula is C14H17N3O3S. The number of aromatic nitrogens is 1. The predicted molar refractivity (Wildman–Crippen MR) is 83.8 cm³/mol. The lowest BCUT2D eigenvalue weighted by Crippen LogP contribution is -2.20. The van der Waals surface area contributed by atoms with Crippen molar-refractivity contribution in [3.8, 4) is 11.5 Å². The van der Waals surface area contributed by atoms with Crippen LogP contribution in [0.25, 0.3) is 0 Å². The molecule has 0 atom stereocenters. The second-order valence-electron chi connectivity index (χ2n) is 4.28. The Bertz CT molecular complexity index is 613. The zero-order valence-electron chi connectivity index (χ0n) is 12.3. The van der Waals surface area contributed by atoms with Crippen molar-refractivity contribution in [2.45, 2.75) is 13.8 Å². The van der Waals surface area contributed by atoms with Crippen LogP contribution in [0.4, 0.5) is 15.6 Å². The Hall–Kier alpha value is -2.28. The monoisotopic (exact) mass is 307 g/mol. The van der Waals surface area contributed by atoms with Crippen LogP contribution >= 0.6 is 11.3 Å². The molecule has 0 saturated carbocycles. The number of nitrogens with one attached hydrogen (secondary N) is 2. The third-order valence-electron chi connectivity index (χ3n) is 2.92. The first-order valence-electron chi connectivity index (χ1n) is 6.28. The number of carbonyl (C=O) groups excluding carboxylic acids is 1. The van der Waals surface area contributed by atoms with Crippen LogP contribution in [0.2, 0.25) is 0 Å². The Kier molecular flexibility index (Phi) is 4.64. The van der Waals surface area contributed by atoms with Gasteiger partial charge in [-0.3, -0.25) is 5.32 Å². The fraction of sp³-hybridized carbons (Fsp3) is 0.286. The first kappa shape index (κ1) is 15.1. The molecule has 21 heavy (non-hydrogen) atoms. The van der Waals surface area contributed by atoms with Crippen LogP contribution in [0.1, 0.15) is 10.6 Å². The van der Waals surface area contributed by atoms with E-state index in [-0.39, 0.29) is 0 Å². The number of hydrogen-bond donors (Lipinski definition) is 2. The Morgan fingerprint density at radius 2 is 1.76 bits per heavy atom. The molecule has 0 fully saturated rings. The largest absolute Gasteiger partial charge is 0.494 e. The van der Waals surface area contributed by atoms with Gasteiger partial charge >= 0.3 is 6.03 Å². The highest BCUT2D eigenvalue weighted by Gasteiger charge is 2.14. The van der Waals surface area contributed by atoms with Crippen molar-refractivity contribution < 1.29 is 14.3 Å². The lowest BCUT2D eigenvalue weighted by Gasteiger charge is -2.13. The van der Waals surface area contributed by atoms with Crippen molar-refractivity contribution in [3.05, 3.63) is 28.8 Å². The first-order valence-corrected chi connectivity index (χ1v) is 7.09. The summed E-state index contributed by atoms with van der Waals surface area (Å²) in [5, 5.41) is 5.98. The highest BCUT2D eigenvalue weighted by Crippen LogP contribution is 2.34. The maximum Gasteiger partial charge on any atom is 0.325 e. The average Bonchev–Trinajstić information content (AvgIpc) is 2.77. The number of aryl methyl sites for hydroxylation is 2. The van der Waals surface area contributed by atoms with E-state index in [4.69, 9.17) is 9.47 Å². The van der Waals surface area contributed by atoms with Gasteiger partial charge in [0.25, 0.3) is 0 Å². The second-order valence-corrected chi connectivity index (χ2v) is 5.48. The molecule has 112 valence electrons. The van der Waals surface area contributed by atoms with Crippen molar-refractivity contribution in [2.75, 3.05) is 24.9 Å². The molecule has 0 radical (unpaired) electrons. The number of benzene rings is 1. The zero-order valence-corrected chi connectivity index (χ0v) is 13.1. The van der Waals surface area contributed by atoms with Gasteiger partial charge in [-0.15, -0.1) is 11.3 Å². The summed E-state index contributed by atoms with van der Waals surface area (Å²) in [5.41, 5.74) is 1.38. The van der Waals surface area contributed by atoms with Gasteiger partial charge in [-0.25, -0.2) is 9.78 Å². The molecular weight excluding hydrogens is 290 g/mol. The van der Waals surface area contributed by atoms with E-state index in [2.05, 4.69) is 15.6 Å². The highest BCUT2D eigenvalue weighted by molar-refractivity contribution is 7.15. The van der Waals surface area contributed by atoms with Crippen LogP contribution in [-0.2, 0) is 0 Å². The molecule has 2 aromatic rings. The van der Waals surface area contributed by atoms with Crippen molar-refractivity contribution in [2.24, 2.45) is 0 Å². The summed E-state index contributed by atoms with van der Waals surface area (Å²) in [6.07, 6.45) is 0. The number of ether oxygens (including phenoxy) is 2. The topological polar surface area (TPSA) is 72.5 Å². The molecule has 1 heterocycles. The van der Waals surface area contributed by atoms with Crippen LogP contribution in [0.5, 0.6) is 11.5 Å². The van der Waals surface area contributed by atoms with E-state index in [1.165, 1.54) is 25.6 Å². The van der Waals surface area contributed by atoms with Gasteiger partial charge in [-0.1, -0.05) is 6.07 Å². The van der Waals surface area contributed by atoms with Gasteiger partial charge in [-0.2, -0.15) is 0 Å². The van der Waals surface area contributed by atoms with E-state index in [1.807, 2.05) is 13.8 Å². The van der Waals surface area contributed by atoms with Crippen LogP contribution in [0.3, 0.4) is 0 Å². The smallest absolute Gasteiger partial charge is 0.325 e.